The Balaban J connectivity index is -0.000000616. The highest BCUT2D eigenvalue weighted by Gasteiger charge is 1.94. The lowest BCUT2D eigenvalue weighted by Gasteiger charge is -2.00. The van der Waals surface area contributed by atoms with Crippen molar-refractivity contribution in [1.82, 2.24) is 0 Å². The van der Waals surface area contributed by atoms with Crippen LogP contribution in [-0.4, -0.2) is 5.91 Å². The quantitative estimate of drug-likeness (QED) is 0.546. The molecule has 0 atom stereocenters. The maximum Gasteiger partial charge on any atom is 0.217 e. The first-order valence-electron chi connectivity index (χ1n) is 7.05. The number of rotatable bonds is 10. The van der Waals surface area contributed by atoms with Crippen LogP contribution in [0.2, 0.25) is 0 Å². The van der Waals surface area contributed by atoms with Crippen LogP contribution in [0, 0.1) is 0 Å². The summed E-state index contributed by atoms with van der Waals surface area (Å²) in [5, 5.41) is 0. The van der Waals surface area contributed by atoms with Gasteiger partial charge in [-0.15, -0.1) is 0 Å². The Morgan fingerprint density at radius 3 is 1.62 bits per heavy atom. The Hall–Kier alpha value is -0.530. The fourth-order valence-electron chi connectivity index (χ4n) is 1.61. The molecule has 0 heterocycles. The van der Waals surface area contributed by atoms with Crippen molar-refractivity contribution in [3.05, 3.63) is 0 Å². The molecule has 1 amide bonds. The monoisotopic (exact) mass is 231 g/mol. The van der Waals surface area contributed by atoms with Crippen molar-refractivity contribution >= 4 is 5.91 Å². The number of hydrogen-bond donors (Lipinski definition) is 1. The Kier molecular flexibility index (Phi) is 18.8. The van der Waals surface area contributed by atoms with Gasteiger partial charge in [0.25, 0.3) is 0 Å². The highest BCUT2D eigenvalue weighted by atomic mass is 16.1. The maximum atomic E-state index is 10.4. The number of amides is 1. The summed E-state index contributed by atoms with van der Waals surface area (Å²) in [6, 6.07) is 0. The standard InChI is InChI=1S/C12H25NO.C2H6.H2/c1-2-3-4-5-6-7-8-9-10-11-12(13)14;1-2;/h2-11H2,1H3,(H2,13,14);1-2H3;1H. The van der Waals surface area contributed by atoms with Crippen molar-refractivity contribution < 1.29 is 6.22 Å². The molecule has 0 fully saturated rings. The topological polar surface area (TPSA) is 43.1 Å². The Labute approximate surface area is 103 Å². The summed E-state index contributed by atoms with van der Waals surface area (Å²) in [6.07, 6.45) is 12.1. The minimum atomic E-state index is -0.159. The molecule has 0 radical (unpaired) electrons. The van der Waals surface area contributed by atoms with Gasteiger partial charge in [-0.1, -0.05) is 72.1 Å². The van der Waals surface area contributed by atoms with E-state index in [9.17, 15) is 4.79 Å². The normalized spacial score (nSPS) is 9.44. The van der Waals surface area contributed by atoms with Gasteiger partial charge in [-0.25, -0.2) is 0 Å². The molecule has 0 spiro atoms. The minimum absolute atomic E-state index is 0. The number of nitrogens with two attached hydrogens (primary N) is 1. The average molecular weight is 231 g/mol. The van der Waals surface area contributed by atoms with Gasteiger partial charge in [0.15, 0.2) is 0 Å². The summed E-state index contributed by atoms with van der Waals surface area (Å²) < 4.78 is 0. The summed E-state index contributed by atoms with van der Waals surface area (Å²) in [7, 11) is 0. The molecule has 0 rings (SSSR count). The summed E-state index contributed by atoms with van der Waals surface area (Å²) in [5.74, 6) is -0.159. The second-order valence-corrected chi connectivity index (χ2v) is 4.04. The fraction of sp³-hybridized carbons (Fsp3) is 0.929. The van der Waals surface area contributed by atoms with E-state index in [1.165, 1.54) is 44.9 Å². The van der Waals surface area contributed by atoms with E-state index in [0.29, 0.717) is 6.42 Å². The second-order valence-electron chi connectivity index (χ2n) is 4.04. The SMILES string of the molecule is CC.CCCCCCCCCCCC(N)=O.[HH]. The number of hydrogen-bond acceptors (Lipinski definition) is 1. The van der Waals surface area contributed by atoms with Gasteiger partial charge in [0.2, 0.25) is 5.91 Å². The lowest BCUT2D eigenvalue weighted by Crippen LogP contribution is -2.09. The highest BCUT2D eigenvalue weighted by Crippen LogP contribution is 2.10. The summed E-state index contributed by atoms with van der Waals surface area (Å²) in [5.41, 5.74) is 5.05. The molecule has 2 heteroatoms. The van der Waals surface area contributed by atoms with Crippen molar-refractivity contribution in [2.24, 2.45) is 5.73 Å². The zero-order valence-corrected chi connectivity index (χ0v) is 11.6. The third kappa shape index (κ3) is 19.1. The second kappa shape index (κ2) is 16.9. The maximum absolute atomic E-state index is 10.4. The van der Waals surface area contributed by atoms with E-state index in [2.05, 4.69) is 6.92 Å². The molecule has 0 saturated heterocycles. The summed E-state index contributed by atoms with van der Waals surface area (Å²) >= 11 is 0. The average Bonchev–Trinajstić information content (AvgIpc) is 2.29. The molecule has 0 aromatic carbocycles. The van der Waals surface area contributed by atoms with Crippen molar-refractivity contribution in [1.29, 1.82) is 0 Å². The number of unbranched alkanes of at least 4 members (excludes halogenated alkanes) is 8. The molecule has 0 aromatic heterocycles. The van der Waals surface area contributed by atoms with Gasteiger partial charge in [0, 0.05) is 7.85 Å². The molecular weight excluding hydrogens is 198 g/mol. The molecule has 16 heavy (non-hydrogen) atoms. The third-order valence-electron chi connectivity index (χ3n) is 2.53. The lowest BCUT2D eigenvalue weighted by molar-refractivity contribution is -0.118. The molecule has 0 saturated carbocycles. The smallest absolute Gasteiger partial charge is 0.217 e. The van der Waals surface area contributed by atoms with Gasteiger partial charge in [-0.3, -0.25) is 4.79 Å². The summed E-state index contributed by atoms with van der Waals surface area (Å²) in [4.78, 5) is 10.4. The van der Waals surface area contributed by atoms with E-state index in [1.54, 1.807) is 0 Å². The van der Waals surface area contributed by atoms with Crippen molar-refractivity contribution in [2.45, 2.75) is 85.0 Å². The molecule has 0 aliphatic heterocycles. The van der Waals surface area contributed by atoms with Gasteiger partial charge in [-0.05, 0) is 6.42 Å². The van der Waals surface area contributed by atoms with Gasteiger partial charge in [0.1, 0.15) is 0 Å². The van der Waals surface area contributed by atoms with Crippen LogP contribution in [0.5, 0.6) is 0 Å². The summed E-state index contributed by atoms with van der Waals surface area (Å²) in [6.45, 7) is 6.24. The predicted octanol–water partition coefficient (Wildman–Crippen LogP) is 4.66. The first-order valence-corrected chi connectivity index (χ1v) is 7.05. The molecule has 0 aromatic rings. The van der Waals surface area contributed by atoms with E-state index in [4.69, 9.17) is 5.73 Å². The molecule has 0 aliphatic rings. The van der Waals surface area contributed by atoms with E-state index < -0.39 is 0 Å². The van der Waals surface area contributed by atoms with Crippen LogP contribution in [-0.2, 0) is 4.79 Å². The Morgan fingerprint density at radius 2 is 1.25 bits per heavy atom. The van der Waals surface area contributed by atoms with Crippen LogP contribution in [0.15, 0.2) is 0 Å². The van der Waals surface area contributed by atoms with Crippen LogP contribution in [0.4, 0.5) is 0 Å². The number of carbonyl (C=O) groups is 1. The van der Waals surface area contributed by atoms with Crippen LogP contribution >= 0.6 is 0 Å². The van der Waals surface area contributed by atoms with E-state index in [0.717, 1.165) is 12.8 Å². The molecule has 100 valence electrons. The lowest BCUT2D eigenvalue weighted by atomic mass is 10.1. The molecular formula is C14H33NO. The van der Waals surface area contributed by atoms with E-state index in [1.807, 2.05) is 13.8 Å². The largest absolute Gasteiger partial charge is 0.370 e. The van der Waals surface area contributed by atoms with E-state index >= 15 is 0 Å². The fourth-order valence-corrected chi connectivity index (χ4v) is 1.61. The van der Waals surface area contributed by atoms with Crippen LogP contribution in [0.3, 0.4) is 0 Å². The predicted molar refractivity (Wildman–Crippen MR) is 74.5 cm³/mol. The van der Waals surface area contributed by atoms with Gasteiger partial charge in [0.05, 0.1) is 0 Å². The first-order chi connectivity index (χ1) is 7.77. The van der Waals surface area contributed by atoms with Gasteiger partial charge < -0.3 is 5.73 Å². The molecule has 0 unspecified atom stereocenters. The zero-order valence-electron chi connectivity index (χ0n) is 11.6. The Morgan fingerprint density at radius 1 is 0.875 bits per heavy atom. The molecule has 0 aliphatic carbocycles. The minimum Gasteiger partial charge on any atom is -0.370 e. The van der Waals surface area contributed by atoms with E-state index in [-0.39, 0.29) is 7.33 Å². The first kappa shape index (κ1) is 17.9. The van der Waals surface area contributed by atoms with Gasteiger partial charge >= 0.3 is 0 Å². The number of carbonyl (C=O) groups excluding carboxylic acids is 1. The third-order valence-corrected chi connectivity index (χ3v) is 2.53. The van der Waals surface area contributed by atoms with Crippen molar-refractivity contribution in [2.75, 3.05) is 0 Å². The van der Waals surface area contributed by atoms with Crippen LogP contribution in [0.25, 0.3) is 0 Å². The van der Waals surface area contributed by atoms with Crippen molar-refractivity contribution in [3.8, 4) is 0 Å². The van der Waals surface area contributed by atoms with Crippen LogP contribution < -0.4 is 5.73 Å². The molecule has 0 bridgehead atoms. The Bertz CT molecular complexity index is 140. The van der Waals surface area contributed by atoms with Crippen LogP contribution in [0.1, 0.15) is 86.4 Å². The molecule has 2 N–H and O–H groups in total. The zero-order chi connectivity index (χ0) is 12.6. The highest BCUT2D eigenvalue weighted by molar-refractivity contribution is 5.73. The molecule has 2 nitrogen and oxygen atoms in total. The number of primary amides is 1. The van der Waals surface area contributed by atoms with Gasteiger partial charge in [-0.2, -0.15) is 0 Å². The van der Waals surface area contributed by atoms with Crippen molar-refractivity contribution in [3.63, 3.8) is 0 Å².